The van der Waals surface area contributed by atoms with Crippen molar-refractivity contribution in [2.45, 2.75) is 71.1 Å². The molecule has 0 saturated heterocycles. The average Bonchev–Trinajstić information content (AvgIpc) is 1.68. The molecule has 115 heavy (non-hydrogen) atoms. The van der Waals surface area contributed by atoms with Gasteiger partial charge in [0.05, 0.1) is 133 Å². The fraction of sp³-hybridized carbons (Fsp3) is 0.475. The second-order valence-electron chi connectivity index (χ2n) is 28.1. The Labute approximate surface area is 666 Å². The van der Waals surface area contributed by atoms with Gasteiger partial charge in [0.15, 0.2) is 11.6 Å². The number of benzene rings is 2. The zero-order valence-electron chi connectivity index (χ0n) is 66.0. The highest BCUT2D eigenvalue weighted by molar-refractivity contribution is 6.05. The van der Waals surface area contributed by atoms with E-state index in [1.807, 2.05) is 23.1 Å². The van der Waals surface area contributed by atoms with E-state index >= 15 is 0 Å². The third kappa shape index (κ3) is 25.7. The molecular weight excluding hydrogens is 1490 g/mol. The smallest absolute Gasteiger partial charge is 0.291 e. The summed E-state index contributed by atoms with van der Waals surface area (Å²) >= 11 is 0. The number of imidazole rings is 2. The van der Waals surface area contributed by atoms with E-state index in [-0.39, 0.29) is 148 Å². The Balaban J connectivity index is 0.484. The molecule has 1 aliphatic carbocycles. The first kappa shape index (κ1) is 86.2. The predicted molar refractivity (Wildman–Crippen MR) is 424 cm³/mol. The maximum absolute atomic E-state index is 13.3. The van der Waals surface area contributed by atoms with Crippen LogP contribution in [0.15, 0.2) is 104 Å². The topological polar surface area (TPSA) is 400 Å². The van der Waals surface area contributed by atoms with Crippen LogP contribution in [0.1, 0.15) is 121 Å². The second-order valence-corrected chi connectivity index (χ2v) is 28.1. The third-order valence-electron chi connectivity index (χ3n) is 19.4. The highest BCUT2D eigenvalue weighted by atomic mass is 16.6. The molecule has 0 unspecified atom stereocenters. The first-order valence-electron chi connectivity index (χ1n) is 38.5. The van der Waals surface area contributed by atoms with Gasteiger partial charge < -0.3 is 113 Å². The number of nitrogens with zero attached hydrogens (tertiary/aromatic N) is 10. The summed E-state index contributed by atoms with van der Waals surface area (Å²) < 4.78 is 46.7. The number of Topliss-reactive ketones (excluding diaryl/α,β-unsaturated/α-hetero) is 1. The fourth-order valence-corrected chi connectivity index (χ4v) is 13.3. The fourth-order valence-electron chi connectivity index (χ4n) is 13.3. The summed E-state index contributed by atoms with van der Waals surface area (Å²) in [5.74, 6) is -2.93. The molecular formula is C80H105N17O18. The van der Waals surface area contributed by atoms with E-state index in [0.29, 0.717) is 122 Å². The number of aryl methyl sites for hydroxylation is 5. The normalized spacial score (nSPS) is 13.9. The maximum Gasteiger partial charge on any atom is 0.291 e. The molecule has 1 fully saturated rings. The minimum absolute atomic E-state index is 0.00634. The van der Waals surface area contributed by atoms with Crippen LogP contribution >= 0.6 is 0 Å². The van der Waals surface area contributed by atoms with Gasteiger partial charge in [0.25, 0.3) is 29.5 Å². The van der Waals surface area contributed by atoms with Crippen molar-refractivity contribution in [1.82, 2.24) is 59.0 Å². The first-order valence-corrected chi connectivity index (χ1v) is 38.5. The molecule has 7 aromatic rings. The number of amides is 9. The van der Waals surface area contributed by atoms with Crippen molar-refractivity contribution >= 4 is 93.1 Å². The van der Waals surface area contributed by atoms with Crippen LogP contribution in [-0.4, -0.2) is 246 Å². The quantitative estimate of drug-likeness (QED) is 0.0252. The number of aliphatic hydroxyl groups excluding tert-OH is 1. The molecule has 618 valence electrons. The van der Waals surface area contributed by atoms with Crippen LogP contribution in [0.2, 0.25) is 0 Å². The number of anilines is 5. The highest BCUT2D eigenvalue weighted by Gasteiger charge is 2.43. The number of aliphatic hydroxyl groups is 1. The highest BCUT2D eigenvalue weighted by Crippen LogP contribution is 2.46. The monoisotopic (exact) mass is 1590 g/mol. The van der Waals surface area contributed by atoms with E-state index in [1.54, 1.807) is 86.9 Å². The van der Waals surface area contributed by atoms with Crippen molar-refractivity contribution < 1.29 is 86.2 Å². The third-order valence-corrected chi connectivity index (χ3v) is 19.4. The Kier molecular flexibility index (Phi) is 32.5. The summed E-state index contributed by atoms with van der Waals surface area (Å²) in [5.41, 5.74) is 8.04. The Morgan fingerprint density at radius 1 is 0.513 bits per heavy atom. The van der Waals surface area contributed by atoms with Gasteiger partial charge >= 0.3 is 0 Å². The minimum Gasteiger partial charge on any atom is -0.392 e. The summed E-state index contributed by atoms with van der Waals surface area (Å²) in [4.78, 5) is 144. The van der Waals surface area contributed by atoms with Crippen LogP contribution in [-0.2, 0) is 112 Å². The molecule has 5 aromatic heterocycles. The molecule has 3 aliphatic rings. The zero-order valence-corrected chi connectivity index (χ0v) is 66.0. The van der Waals surface area contributed by atoms with Crippen molar-refractivity contribution in [3.05, 3.63) is 155 Å². The molecule has 35 nitrogen and oxygen atoms in total. The van der Waals surface area contributed by atoms with Crippen LogP contribution in [0, 0.1) is 5.92 Å². The van der Waals surface area contributed by atoms with E-state index in [1.165, 1.54) is 38.2 Å². The molecule has 7 heterocycles. The molecule has 2 aromatic carbocycles. The van der Waals surface area contributed by atoms with E-state index in [9.17, 15) is 53.1 Å². The molecule has 0 spiro atoms. The molecule has 8 N–H and O–H groups in total. The molecule has 2 aliphatic heterocycles. The number of nitrogens with one attached hydrogen (secondary N) is 7. The Morgan fingerprint density at radius 3 is 1.66 bits per heavy atom. The van der Waals surface area contributed by atoms with Gasteiger partial charge in [0.2, 0.25) is 29.5 Å². The number of carbonyl (C=O) groups is 10. The first-order chi connectivity index (χ1) is 55.6. The lowest BCUT2D eigenvalue weighted by Gasteiger charge is -2.44. The van der Waals surface area contributed by atoms with Gasteiger partial charge in [0.1, 0.15) is 29.5 Å². The summed E-state index contributed by atoms with van der Waals surface area (Å²) in [5, 5.41) is 29.0. The van der Waals surface area contributed by atoms with Crippen LogP contribution in [0.25, 0.3) is 5.57 Å². The van der Waals surface area contributed by atoms with Crippen molar-refractivity contribution in [3.8, 4) is 0 Å². The number of hydrogen-bond donors (Lipinski definition) is 8. The Bertz CT molecular complexity index is 4550. The van der Waals surface area contributed by atoms with Crippen LogP contribution < -0.4 is 47.0 Å². The number of carbonyl (C=O) groups excluding carboxylic acids is 10. The van der Waals surface area contributed by atoms with Gasteiger partial charge in [0, 0.05) is 145 Å². The van der Waals surface area contributed by atoms with E-state index in [0.717, 1.165) is 53.0 Å². The van der Waals surface area contributed by atoms with Crippen molar-refractivity contribution in [2.75, 3.05) is 164 Å². The van der Waals surface area contributed by atoms with E-state index in [2.05, 4.69) is 82.4 Å². The lowest BCUT2D eigenvalue weighted by molar-refractivity contribution is -0.136. The largest absolute Gasteiger partial charge is 0.392 e. The van der Waals surface area contributed by atoms with Gasteiger partial charge in [-0.2, -0.15) is 0 Å². The van der Waals surface area contributed by atoms with Crippen LogP contribution in [0.5, 0.6) is 0 Å². The molecule has 9 amide bonds. The molecule has 1 saturated carbocycles. The number of fused-ring (bicyclic) bond motifs is 1. The maximum atomic E-state index is 13.3. The molecule has 10 rings (SSSR count). The lowest BCUT2D eigenvalue weighted by atomic mass is 9.95. The molecule has 0 radical (unpaired) electrons. The van der Waals surface area contributed by atoms with Crippen molar-refractivity contribution in [1.29, 1.82) is 0 Å². The van der Waals surface area contributed by atoms with Crippen LogP contribution in [0.4, 0.5) is 28.6 Å². The molecule has 0 bridgehead atoms. The number of aromatic nitrogens is 7. The standard InChI is InChI=1S/C80H105N17O18/c1-54(99)97-64-16-15-57(42-66(64)96(50-69(97)56-13-14-56)46-58-10-7-8-11-59(58)52-98)55-20-27-95(28-21-55)73(103)53-115-41-40-114-39-38-113-37-36-112-35-34-111-33-32-110-31-30-109-29-25-81-71(101)18-23-84-79(107)74-85-60(49-93(74)5)43-63(100)17-22-82-76(104)68-45-62(48-92(68)4)87-80(108)75-89-70(51-94(75)6)88-72(102)19-24-83-77(105)67-44-61(47-91(67)3)86-78(106)65-12-9-26-90(65)2/h7-12,15-16,20,26,42,44-45,47-49,51,56,69,98H,13-14,17-19,21-25,27-41,43,46,50,52-53H2,1-6H3,(H,81,101)(H,82,104)(H,83,105)(H,84,107)(H,86,106)(H,87,108)(H,88,102)/t69-/m1/s1. The van der Waals surface area contributed by atoms with Gasteiger partial charge in [-0.3, -0.25) is 47.9 Å². The van der Waals surface area contributed by atoms with E-state index in [4.69, 9.17) is 33.2 Å². The number of hydrogen-bond acceptors (Lipinski definition) is 21. The Morgan fingerprint density at radius 2 is 1.08 bits per heavy atom. The van der Waals surface area contributed by atoms with Crippen molar-refractivity contribution in [3.63, 3.8) is 0 Å². The summed E-state index contributed by atoms with van der Waals surface area (Å²) in [6, 6.07) is 20.8. The molecule has 35 heteroatoms. The van der Waals surface area contributed by atoms with Crippen LogP contribution in [0.3, 0.4) is 0 Å². The van der Waals surface area contributed by atoms with Gasteiger partial charge in [-0.05, 0) is 83.8 Å². The lowest BCUT2D eigenvalue weighted by Crippen LogP contribution is -2.52. The molecule has 1 atom stereocenters. The predicted octanol–water partition coefficient (Wildman–Crippen LogP) is 3.68. The number of ether oxygens (including phenoxy) is 7. The van der Waals surface area contributed by atoms with E-state index < -0.39 is 29.5 Å². The zero-order chi connectivity index (χ0) is 81.8. The van der Waals surface area contributed by atoms with Gasteiger partial charge in [-0.15, -0.1) is 0 Å². The summed E-state index contributed by atoms with van der Waals surface area (Å²) in [7, 11) is 8.18. The van der Waals surface area contributed by atoms with Gasteiger partial charge in [-0.1, -0.05) is 36.4 Å². The second kappa shape index (κ2) is 43.3. The minimum atomic E-state index is -0.629. The van der Waals surface area contributed by atoms with Crippen molar-refractivity contribution in [2.24, 2.45) is 41.2 Å². The number of ketones is 1. The Hall–Kier alpha value is -11.2. The average molecular weight is 1590 g/mol. The summed E-state index contributed by atoms with van der Waals surface area (Å²) in [6.45, 7) is 8.83. The summed E-state index contributed by atoms with van der Waals surface area (Å²) in [6.07, 6.45) is 12.7. The number of rotatable bonds is 47. The SMILES string of the molecule is CC(=O)N1c2ccc(C3=CCN(C(=O)COCCOCCOCCOCCOCCOCCOCCNC(=O)CCNC(=O)c4nc(CC(=O)CCNC(=O)c5cc(NC(=O)c6nc(NC(=O)CCNC(=O)c7cc(NC(=O)c8cccn8C)cn7C)cn6C)cn5C)cn4C)CC3)cc2N(Cc2ccccc2CO)C[C@@H]1C1CC1. The van der Waals surface area contributed by atoms with Gasteiger partial charge in [-0.25, -0.2) is 9.97 Å².